The fourth-order valence-corrected chi connectivity index (χ4v) is 5.41. The molecule has 3 aromatic rings. The van der Waals surface area contributed by atoms with Gasteiger partial charge in [-0.25, -0.2) is 0 Å². The van der Waals surface area contributed by atoms with E-state index in [0.717, 1.165) is 49.8 Å². The van der Waals surface area contributed by atoms with Crippen molar-refractivity contribution in [3.05, 3.63) is 83.4 Å². The average Bonchev–Trinajstić information content (AvgIpc) is 3.43. The molecule has 1 atom stereocenters. The topological polar surface area (TPSA) is 34.2 Å². The van der Waals surface area contributed by atoms with Gasteiger partial charge < -0.3 is 19.1 Å². The summed E-state index contributed by atoms with van der Waals surface area (Å²) in [6.07, 6.45) is 4.72. The van der Waals surface area contributed by atoms with E-state index in [1.165, 1.54) is 48.3 Å². The van der Waals surface area contributed by atoms with Crippen molar-refractivity contribution in [3.63, 3.8) is 0 Å². The number of methoxy groups -OCH3 is 2. The number of nitrogens with zero attached hydrogens (tertiary/aromatic N) is 2. The fourth-order valence-electron chi connectivity index (χ4n) is 5.41. The maximum atomic E-state index is 6.03. The molecule has 2 heterocycles. The second kappa shape index (κ2) is 11.0. The molecule has 0 saturated carbocycles. The zero-order valence-electron chi connectivity index (χ0n) is 20.9. The van der Waals surface area contributed by atoms with Crippen LogP contribution in [0, 0.1) is 0 Å². The first-order valence-corrected chi connectivity index (χ1v) is 12.8. The number of rotatable bonds is 9. The summed E-state index contributed by atoms with van der Waals surface area (Å²) >= 11 is 0. The van der Waals surface area contributed by atoms with Crippen LogP contribution in [-0.2, 0) is 13.0 Å². The lowest BCUT2D eigenvalue weighted by atomic mass is 9.90. The van der Waals surface area contributed by atoms with E-state index in [0.29, 0.717) is 0 Å². The van der Waals surface area contributed by atoms with Gasteiger partial charge in [0.05, 0.1) is 25.9 Å². The van der Waals surface area contributed by atoms with Crippen molar-refractivity contribution in [1.29, 1.82) is 0 Å². The van der Waals surface area contributed by atoms with Gasteiger partial charge in [0.25, 0.3) is 0 Å². The van der Waals surface area contributed by atoms with E-state index in [4.69, 9.17) is 14.2 Å². The summed E-state index contributed by atoms with van der Waals surface area (Å²) in [6, 6.07) is 23.7. The summed E-state index contributed by atoms with van der Waals surface area (Å²) in [5.74, 6) is 2.76. The van der Waals surface area contributed by atoms with Gasteiger partial charge in [-0.15, -0.1) is 0 Å². The molecule has 0 spiro atoms. The van der Waals surface area contributed by atoms with Crippen LogP contribution in [-0.4, -0.2) is 45.4 Å². The van der Waals surface area contributed by atoms with E-state index in [1.807, 2.05) is 0 Å². The molecule has 0 amide bonds. The Kier molecular flexibility index (Phi) is 7.43. The molecule has 2 aliphatic rings. The van der Waals surface area contributed by atoms with Crippen LogP contribution in [0.15, 0.2) is 66.7 Å². The Bertz CT molecular complexity index is 1080. The molecular formula is C30H36N2O3. The van der Waals surface area contributed by atoms with Gasteiger partial charge in [-0.3, -0.25) is 4.90 Å². The number of ether oxygens (including phenoxy) is 3. The third-order valence-corrected chi connectivity index (χ3v) is 7.30. The lowest BCUT2D eigenvalue weighted by Crippen LogP contribution is -2.33. The van der Waals surface area contributed by atoms with Gasteiger partial charge >= 0.3 is 0 Å². The van der Waals surface area contributed by atoms with Crippen molar-refractivity contribution in [2.75, 3.05) is 45.4 Å². The number of hydrogen-bond donors (Lipinski definition) is 0. The highest BCUT2D eigenvalue weighted by atomic mass is 16.5. The summed E-state index contributed by atoms with van der Waals surface area (Å²) in [6.45, 7) is 4.97. The van der Waals surface area contributed by atoms with Gasteiger partial charge in [-0.1, -0.05) is 36.4 Å². The second-order valence-corrected chi connectivity index (χ2v) is 9.46. The maximum Gasteiger partial charge on any atom is 0.142 e. The van der Waals surface area contributed by atoms with E-state index in [2.05, 4.69) is 76.5 Å². The average molecular weight is 473 g/mol. The predicted octanol–water partition coefficient (Wildman–Crippen LogP) is 5.87. The van der Waals surface area contributed by atoms with E-state index in [-0.39, 0.29) is 6.04 Å². The minimum Gasteiger partial charge on any atom is -0.497 e. The molecule has 0 bridgehead atoms. The highest BCUT2D eigenvalue weighted by Crippen LogP contribution is 2.44. The number of hydrogen-bond acceptors (Lipinski definition) is 5. The zero-order valence-corrected chi connectivity index (χ0v) is 20.9. The molecular weight excluding hydrogens is 436 g/mol. The monoisotopic (exact) mass is 472 g/mol. The largest absolute Gasteiger partial charge is 0.497 e. The maximum absolute atomic E-state index is 6.03. The van der Waals surface area contributed by atoms with E-state index >= 15 is 0 Å². The van der Waals surface area contributed by atoms with E-state index in [9.17, 15) is 0 Å². The van der Waals surface area contributed by atoms with Gasteiger partial charge in [0.1, 0.15) is 23.9 Å². The number of likely N-dealkylation sites (tertiary alicyclic amines) is 1. The van der Waals surface area contributed by atoms with Crippen LogP contribution in [0.4, 0.5) is 5.69 Å². The molecule has 1 saturated heterocycles. The van der Waals surface area contributed by atoms with Crippen molar-refractivity contribution < 1.29 is 14.2 Å². The van der Waals surface area contributed by atoms with Crippen LogP contribution >= 0.6 is 0 Å². The highest BCUT2D eigenvalue weighted by molar-refractivity contribution is 5.67. The molecule has 5 nitrogen and oxygen atoms in total. The van der Waals surface area contributed by atoms with Crippen molar-refractivity contribution in [2.24, 2.45) is 0 Å². The van der Waals surface area contributed by atoms with Crippen molar-refractivity contribution in [3.8, 4) is 17.2 Å². The van der Waals surface area contributed by atoms with Gasteiger partial charge in [0.15, 0.2) is 0 Å². The Balaban J connectivity index is 1.35. The Morgan fingerprint density at radius 2 is 1.57 bits per heavy atom. The summed E-state index contributed by atoms with van der Waals surface area (Å²) < 4.78 is 17.2. The molecule has 0 aliphatic carbocycles. The Hall–Kier alpha value is -3.18. The van der Waals surface area contributed by atoms with Crippen LogP contribution < -0.4 is 19.1 Å². The summed E-state index contributed by atoms with van der Waals surface area (Å²) in [5, 5.41) is 0. The van der Waals surface area contributed by atoms with Crippen LogP contribution in [0.25, 0.3) is 0 Å². The first-order valence-electron chi connectivity index (χ1n) is 12.8. The normalized spacial score (nSPS) is 17.8. The SMILES string of the molecule is COc1ccc(C2CCc3cccc(OC)c3N2Cc2ccc(OCCN3CCCC3)cc2)cc1. The lowest BCUT2D eigenvalue weighted by Gasteiger charge is -2.40. The Labute approximate surface area is 209 Å². The van der Waals surface area contributed by atoms with Gasteiger partial charge in [-0.05, 0) is 85.8 Å². The van der Waals surface area contributed by atoms with Gasteiger partial charge in [-0.2, -0.15) is 0 Å². The number of para-hydroxylation sites is 1. The number of aryl methyl sites for hydroxylation is 1. The third kappa shape index (κ3) is 5.40. The molecule has 1 fully saturated rings. The fraction of sp³-hybridized carbons (Fsp3) is 0.400. The molecule has 0 N–H and O–H groups in total. The quantitative estimate of drug-likeness (QED) is 0.389. The molecule has 5 rings (SSSR count). The first kappa shape index (κ1) is 23.6. The molecule has 0 radical (unpaired) electrons. The molecule has 2 aliphatic heterocycles. The molecule has 1 unspecified atom stereocenters. The minimum atomic E-state index is 0.265. The van der Waals surface area contributed by atoms with Crippen LogP contribution in [0.5, 0.6) is 17.2 Å². The summed E-state index contributed by atoms with van der Waals surface area (Å²) in [4.78, 5) is 4.98. The standard InChI is InChI=1S/C30H36N2O3/c1-33-26-15-10-24(11-16-26)28-17-12-25-6-5-7-29(34-2)30(25)32(28)22-23-8-13-27(14-9-23)35-21-20-31-18-3-4-19-31/h5-11,13-16,28H,3-4,12,17-22H2,1-2H3. The first-order chi connectivity index (χ1) is 17.2. The molecule has 3 aromatic carbocycles. The summed E-state index contributed by atoms with van der Waals surface area (Å²) in [7, 11) is 3.47. The van der Waals surface area contributed by atoms with Crippen molar-refractivity contribution in [1.82, 2.24) is 4.90 Å². The molecule has 5 heteroatoms. The Morgan fingerprint density at radius 3 is 2.29 bits per heavy atom. The Morgan fingerprint density at radius 1 is 0.829 bits per heavy atom. The molecule has 0 aromatic heterocycles. The second-order valence-electron chi connectivity index (χ2n) is 9.46. The van der Waals surface area contributed by atoms with Gasteiger partial charge in [0.2, 0.25) is 0 Å². The number of benzene rings is 3. The van der Waals surface area contributed by atoms with E-state index < -0.39 is 0 Å². The van der Waals surface area contributed by atoms with Crippen LogP contribution in [0.3, 0.4) is 0 Å². The smallest absolute Gasteiger partial charge is 0.142 e. The lowest BCUT2D eigenvalue weighted by molar-refractivity contribution is 0.238. The van der Waals surface area contributed by atoms with Gasteiger partial charge in [0, 0.05) is 13.1 Å². The van der Waals surface area contributed by atoms with Crippen molar-refractivity contribution >= 4 is 5.69 Å². The zero-order chi connectivity index (χ0) is 24.0. The minimum absolute atomic E-state index is 0.265. The summed E-state index contributed by atoms with van der Waals surface area (Å²) in [5.41, 5.74) is 5.10. The third-order valence-electron chi connectivity index (χ3n) is 7.30. The van der Waals surface area contributed by atoms with Crippen LogP contribution in [0.1, 0.15) is 42.0 Å². The van der Waals surface area contributed by atoms with Crippen LogP contribution in [0.2, 0.25) is 0 Å². The van der Waals surface area contributed by atoms with E-state index in [1.54, 1.807) is 14.2 Å². The highest BCUT2D eigenvalue weighted by Gasteiger charge is 2.30. The molecule has 35 heavy (non-hydrogen) atoms. The number of anilines is 1. The van der Waals surface area contributed by atoms with Crippen molar-refractivity contribution in [2.45, 2.75) is 38.3 Å². The predicted molar refractivity (Wildman–Crippen MR) is 141 cm³/mol. The molecule has 184 valence electrons. The number of fused-ring (bicyclic) bond motifs is 1.